The third kappa shape index (κ3) is 4.30. The molecular formula is C12H16N2O2. The second-order valence-electron chi connectivity index (χ2n) is 3.22. The zero-order valence-corrected chi connectivity index (χ0v) is 9.40. The lowest BCUT2D eigenvalue weighted by molar-refractivity contribution is 0.199. The Bertz CT molecular complexity index is 347. The van der Waals surface area contributed by atoms with Crippen molar-refractivity contribution in [2.24, 2.45) is 0 Å². The van der Waals surface area contributed by atoms with Gasteiger partial charge in [0.2, 0.25) is 0 Å². The van der Waals surface area contributed by atoms with Crippen LogP contribution >= 0.6 is 0 Å². The molecule has 16 heavy (non-hydrogen) atoms. The molecule has 86 valence electrons. The van der Waals surface area contributed by atoms with Gasteiger partial charge in [0, 0.05) is 25.8 Å². The number of nitriles is 1. The third-order valence-corrected chi connectivity index (χ3v) is 2.06. The number of nitrogens with zero attached hydrogens (tertiary/aromatic N) is 1. The van der Waals surface area contributed by atoms with Gasteiger partial charge in [0.25, 0.3) is 0 Å². The standard InChI is InChI=1S/C12H16N2O2/c1-15-9-7-14-10-11-4-2-3-5-12(11)16-8-6-13/h2-5,14H,7-10H2,1H3. The van der Waals surface area contributed by atoms with E-state index in [1.165, 1.54) is 0 Å². The molecular weight excluding hydrogens is 204 g/mol. The molecule has 0 aliphatic carbocycles. The van der Waals surface area contributed by atoms with Gasteiger partial charge in [0.1, 0.15) is 11.8 Å². The van der Waals surface area contributed by atoms with Gasteiger partial charge in [-0.1, -0.05) is 18.2 Å². The van der Waals surface area contributed by atoms with Crippen molar-refractivity contribution in [3.8, 4) is 11.8 Å². The van der Waals surface area contributed by atoms with E-state index in [2.05, 4.69) is 5.32 Å². The fourth-order valence-electron chi connectivity index (χ4n) is 1.30. The average molecular weight is 220 g/mol. The first-order valence-corrected chi connectivity index (χ1v) is 5.15. The van der Waals surface area contributed by atoms with E-state index in [9.17, 15) is 0 Å². The van der Waals surface area contributed by atoms with Crippen molar-refractivity contribution in [1.29, 1.82) is 5.26 Å². The van der Waals surface area contributed by atoms with Crippen molar-refractivity contribution in [2.45, 2.75) is 6.54 Å². The molecule has 0 aromatic heterocycles. The quantitative estimate of drug-likeness (QED) is 0.704. The van der Waals surface area contributed by atoms with Crippen LogP contribution in [0, 0.1) is 11.3 Å². The Balaban J connectivity index is 2.47. The van der Waals surface area contributed by atoms with Crippen LogP contribution in [-0.4, -0.2) is 26.9 Å². The van der Waals surface area contributed by atoms with Gasteiger partial charge in [-0.2, -0.15) is 5.26 Å². The van der Waals surface area contributed by atoms with Crippen LogP contribution in [-0.2, 0) is 11.3 Å². The first-order valence-electron chi connectivity index (χ1n) is 5.15. The van der Waals surface area contributed by atoms with Crippen molar-refractivity contribution in [1.82, 2.24) is 5.32 Å². The summed E-state index contributed by atoms with van der Waals surface area (Å²) in [6, 6.07) is 9.65. The highest BCUT2D eigenvalue weighted by molar-refractivity contribution is 5.33. The van der Waals surface area contributed by atoms with E-state index in [1.807, 2.05) is 30.3 Å². The predicted molar refractivity (Wildman–Crippen MR) is 61.1 cm³/mol. The molecule has 0 bridgehead atoms. The summed E-state index contributed by atoms with van der Waals surface area (Å²) in [6.45, 7) is 2.27. The molecule has 1 N–H and O–H groups in total. The number of methoxy groups -OCH3 is 1. The van der Waals surface area contributed by atoms with Crippen LogP contribution in [0.1, 0.15) is 5.56 Å². The molecule has 0 saturated carbocycles. The molecule has 1 rings (SSSR count). The summed E-state index contributed by atoms with van der Waals surface area (Å²) in [5.41, 5.74) is 1.05. The molecule has 1 aromatic carbocycles. The maximum atomic E-state index is 8.46. The van der Waals surface area contributed by atoms with E-state index in [1.54, 1.807) is 7.11 Å². The number of ether oxygens (including phenoxy) is 2. The lowest BCUT2D eigenvalue weighted by Gasteiger charge is -2.09. The third-order valence-electron chi connectivity index (χ3n) is 2.06. The average Bonchev–Trinajstić information content (AvgIpc) is 2.33. The molecule has 0 fully saturated rings. The van der Waals surface area contributed by atoms with Crippen LogP contribution in [0.15, 0.2) is 24.3 Å². The SMILES string of the molecule is COCCNCc1ccccc1OCC#N. The van der Waals surface area contributed by atoms with Crippen molar-refractivity contribution in [3.05, 3.63) is 29.8 Å². The molecule has 0 atom stereocenters. The molecule has 0 unspecified atom stereocenters. The fourth-order valence-corrected chi connectivity index (χ4v) is 1.30. The van der Waals surface area contributed by atoms with Crippen LogP contribution in [0.3, 0.4) is 0 Å². The van der Waals surface area contributed by atoms with Gasteiger partial charge in [-0.15, -0.1) is 0 Å². The lowest BCUT2D eigenvalue weighted by Crippen LogP contribution is -2.19. The fraction of sp³-hybridized carbons (Fsp3) is 0.417. The van der Waals surface area contributed by atoms with Crippen molar-refractivity contribution >= 4 is 0 Å². The Kier molecular flexibility index (Phi) is 6.00. The van der Waals surface area contributed by atoms with Gasteiger partial charge in [-0.05, 0) is 6.07 Å². The van der Waals surface area contributed by atoms with E-state index in [4.69, 9.17) is 14.7 Å². The molecule has 4 heteroatoms. The number of nitrogens with one attached hydrogen (secondary N) is 1. The normalized spacial score (nSPS) is 9.75. The molecule has 0 spiro atoms. The van der Waals surface area contributed by atoms with E-state index >= 15 is 0 Å². The van der Waals surface area contributed by atoms with Crippen molar-refractivity contribution in [3.63, 3.8) is 0 Å². The number of hydrogen-bond acceptors (Lipinski definition) is 4. The van der Waals surface area contributed by atoms with E-state index in [0.29, 0.717) is 13.2 Å². The Hall–Kier alpha value is -1.57. The number of para-hydroxylation sites is 1. The predicted octanol–water partition coefficient (Wildman–Crippen LogP) is 1.32. The smallest absolute Gasteiger partial charge is 0.174 e. The Labute approximate surface area is 95.8 Å². The molecule has 0 radical (unpaired) electrons. The molecule has 0 aliphatic rings. The Morgan fingerprint density at radius 2 is 2.19 bits per heavy atom. The minimum atomic E-state index is 0.0785. The second kappa shape index (κ2) is 7.69. The Morgan fingerprint density at radius 1 is 1.38 bits per heavy atom. The van der Waals surface area contributed by atoms with Crippen LogP contribution < -0.4 is 10.1 Å². The zero-order valence-electron chi connectivity index (χ0n) is 9.40. The van der Waals surface area contributed by atoms with Gasteiger partial charge < -0.3 is 14.8 Å². The second-order valence-corrected chi connectivity index (χ2v) is 3.22. The monoisotopic (exact) mass is 220 g/mol. The maximum absolute atomic E-state index is 8.46. The maximum Gasteiger partial charge on any atom is 0.174 e. The first kappa shape index (κ1) is 12.5. The summed E-state index contributed by atoms with van der Waals surface area (Å²) in [5, 5.41) is 11.7. The summed E-state index contributed by atoms with van der Waals surface area (Å²) < 4.78 is 10.2. The molecule has 0 amide bonds. The van der Waals surface area contributed by atoms with E-state index < -0.39 is 0 Å². The van der Waals surface area contributed by atoms with Crippen molar-refractivity contribution < 1.29 is 9.47 Å². The topological polar surface area (TPSA) is 54.3 Å². The van der Waals surface area contributed by atoms with Crippen molar-refractivity contribution in [2.75, 3.05) is 26.9 Å². The highest BCUT2D eigenvalue weighted by Gasteiger charge is 2.01. The summed E-state index contributed by atoms with van der Waals surface area (Å²) in [7, 11) is 1.67. The summed E-state index contributed by atoms with van der Waals surface area (Å²) >= 11 is 0. The first-order chi connectivity index (χ1) is 7.88. The van der Waals surface area contributed by atoms with Gasteiger partial charge in [-0.3, -0.25) is 0 Å². The van der Waals surface area contributed by atoms with Gasteiger partial charge in [0.15, 0.2) is 6.61 Å². The van der Waals surface area contributed by atoms with E-state index in [0.717, 1.165) is 17.9 Å². The Morgan fingerprint density at radius 3 is 2.94 bits per heavy atom. The van der Waals surface area contributed by atoms with Gasteiger partial charge in [0.05, 0.1) is 6.61 Å². The van der Waals surface area contributed by atoms with Crippen LogP contribution in [0.4, 0.5) is 0 Å². The van der Waals surface area contributed by atoms with Crippen LogP contribution in [0.5, 0.6) is 5.75 Å². The molecule has 0 saturated heterocycles. The minimum Gasteiger partial charge on any atom is -0.478 e. The minimum absolute atomic E-state index is 0.0785. The zero-order chi connectivity index (χ0) is 11.6. The number of rotatable bonds is 7. The largest absolute Gasteiger partial charge is 0.478 e. The number of benzene rings is 1. The van der Waals surface area contributed by atoms with Crippen LogP contribution in [0.2, 0.25) is 0 Å². The van der Waals surface area contributed by atoms with Gasteiger partial charge >= 0.3 is 0 Å². The van der Waals surface area contributed by atoms with Crippen LogP contribution in [0.25, 0.3) is 0 Å². The highest BCUT2D eigenvalue weighted by Crippen LogP contribution is 2.17. The molecule has 0 heterocycles. The summed E-state index contributed by atoms with van der Waals surface area (Å²) in [4.78, 5) is 0. The number of hydrogen-bond donors (Lipinski definition) is 1. The molecule has 0 aliphatic heterocycles. The van der Waals surface area contributed by atoms with Gasteiger partial charge in [-0.25, -0.2) is 0 Å². The summed E-state index contributed by atoms with van der Waals surface area (Å²) in [6.07, 6.45) is 0. The van der Waals surface area contributed by atoms with E-state index in [-0.39, 0.29) is 6.61 Å². The lowest BCUT2D eigenvalue weighted by atomic mass is 10.2. The molecule has 1 aromatic rings. The summed E-state index contributed by atoms with van der Waals surface area (Å²) in [5.74, 6) is 0.758. The highest BCUT2D eigenvalue weighted by atomic mass is 16.5. The molecule has 4 nitrogen and oxygen atoms in total.